The average molecular weight is 444 g/mol. The third kappa shape index (κ3) is 3.90. The lowest BCUT2D eigenvalue weighted by Gasteiger charge is -2.20. The first-order valence-electron chi connectivity index (χ1n) is 7.17. The Bertz CT molecular complexity index is 764. The van der Waals surface area contributed by atoms with Crippen LogP contribution in [-0.4, -0.2) is 19.1 Å². The van der Waals surface area contributed by atoms with E-state index in [9.17, 15) is 4.79 Å². The highest BCUT2D eigenvalue weighted by Crippen LogP contribution is 2.38. The number of halogens is 2. The third-order valence-electron chi connectivity index (χ3n) is 3.48. The molecule has 2 aromatic carbocycles. The zero-order valence-corrected chi connectivity index (χ0v) is 15.4. The van der Waals surface area contributed by atoms with Crippen molar-refractivity contribution in [2.24, 2.45) is 0 Å². The molecule has 0 fully saturated rings. The Kier molecular flexibility index (Phi) is 4.96. The fourth-order valence-corrected chi connectivity index (χ4v) is 3.13. The van der Waals surface area contributed by atoms with E-state index in [-0.39, 0.29) is 12.3 Å². The number of anilines is 1. The summed E-state index contributed by atoms with van der Waals surface area (Å²) in [5.74, 6) is 1.05. The van der Waals surface area contributed by atoms with Gasteiger partial charge in [0.15, 0.2) is 11.5 Å². The molecule has 2 aromatic rings. The van der Waals surface area contributed by atoms with Crippen LogP contribution in [0.25, 0.3) is 0 Å². The first-order chi connectivity index (χ1) is 11.0. The minimum Gasteiger partial charge on any atom is -0.486 e. The molecule has 1 amide bonds. The molecule has 0 bridgehead atoms. The highest BCUT2D eigenvalue weighted by atomic mass is 127. The van der Waals surface area contributed by atoms with Crippen LogP contribution in [-0.2, 0) is 11.2 Å². The highest BCUT2D eigenvalue weighted by molar-refractivity contribution is 14.1. The van der Waals surface area contributed by atoms with E-state index in [1.54, 1.807) is 12.1 Å². The van der Waals surface area contributed by atoms with Crippen LogP contribution in [0, 0.1) is 10.5 Å². The predicted molar refractivity (Wildman–Crippen MR) is 98.7 cm³/mol. The van der Waals surface area contributed by atoms with E-state index in [1.165, 1.54) is 5.56 Å². The number of benzene rings is 2. The van der Waals surface area contributed by atoms with Gasteiger partial charge < -0.3 is 14.8 Å². The van der Waals surface area contributed by atoms with Gasteiger partial charge in [0.2, 0.25) is 5.91 Å². The maximum absolute atomic E-state index is 12.2. The van der Waals surface area contributed by atoms with Crippen molar-refractivity contribution in [1.82, 2.24) is 0 Å². The molecule has 0 spiro atoms. The summed E-state index contributed by atoms with van der Waals surface area (Å²) in [6.07, 6.45) is 0.223. The van der Waals surface area contributed by atoms with Crippen LogP contribution in [0.2, 0.25) is 5.02 Å². The minimum atomic E-state index is -0.0996. The maximum atomic E-state index is 12.2. The zero-order chi connectivity index (χ0) is 16.4. The Morgan fingerprint density at radius 3 is 2.83 bits per heavy atom. The average Bonchev–Trinajstić information content (AvgIpc) is 2.51. The molecule has 0 atom stereocenters. The number of amides is 1. The van der Waals surface area contributed by atoms with Crippen LogP contribution in [0.1, 0.15) is 11.1 Å². The summed E-state index contributed by atoms with van der Waals surface area (Å²) >= 11 is 8.44. The SMILES string of the molecule is Cc1ccc(NC(=O)Cc2cc(Cl)c3c(c2)OCCO3)cc1I. The summed E-state index contributed by atoms with van der Waals surface area (Å²) in [7, 11) is 0. The van der Waals surface area contributed by atoms with E-state index in [2.05, 4.69) is 27.9 Å². The lowest BCUT2D eigenvalue weighted by Crippen LogP contribution is -2.17. The molecule has 4 nitrogen and oxygen atoms in total. The van der Waals surface area contributed by atoms with E-state index >= 15 is 0 Å². The highest BCUT2D eigenvalue weighted by Gasteiger charge is 2.17. The number of fused-ring (bicyclic) bond motifs is 1. The fraction of sp³-hybridized carbons (Fsp3) is 0.235. The topological polar surface area (TPSA) is 47.6 Å². The Morgan fingerprint density at radius 2 is 2.04 bits per heavy atom. The normalized spacial score (nSPS) is 12.8. The number of hydrogen-bond donors (Lipinski definition) is 1. The van der Waals surface area contributed by atoms with Crippen molar-refractivity contribution in [2.75, 3.05) is 18.5 Å². The lowest BCUT2D eigenvalue weighted by molar-refractivity contribution is -0.115. The van der Waals surface area contributed by atoms with Gasteiger partial charge in [0.1, 0.15) is 13.2 Å². The molecule has 1 heterocycles. The van der Waals surface area contributed by atoms with Gasteiger partial charge in [0.25, 0.3) is 0 Å². The van der Waals surface area contributed by atoms with Gasteiger partial charge in [0.05, 0.1) is 11.4 Å². The Hall–Kier alpha value is -1.47. The molecule has 0 saturated carbocycles. The maximum Gasteiger partial charge on any atom is 0.228 e. The smallest absolute Gasteiger partial charge is 0.228 e. The van der Waals surface area contributed by atoms with Crippen molar-refractivity contribution in [3.05, 3.63) is 50.1 Å². The molecule has 3 rings (SSSR count). The molecule has 120 valence electrons. The number of carbonyl (C=O) groups excluding carboxylic acids is 1. The monoisotopic (exact) mass is 443 g/mol. The van der Waals surface area contributed by atoms with Gasteiger partial charge in [-0.1, -0.05) is 17.7 Å². The Balaban J connectivity index is 1.72. The molecule has 0 aromatic heterocycles. The van der Waals surface area contributed by atoms with E-state index in [0.717, 1.165) is 14.8 Å². The molecule has 0 aliphatic carbocycles. The summed E-state index contributed by atoms with van der Waals surface area (Å²) in [5, 5.41) is 3.37. The zero-order valence-electron chi connectivity index (χ0n) is 12.5. The minimum absolute atomic E-state index is 0.0996. The summed E-state index contributed by atoms with van der Waals surface area (Å²) in [5.41, 5.74) is 2.76. The number of nitrogens with one attached hydrogen (secondary N) is 1. The first-order valence-corrected chi connectivity index (χ1v) is 8.62. The van der Waals surface area contributed by atoms with Crippen LogP contribution in [0.5, 0.6) is 11.5 Å². The van der Waals surface area contributed by atoms with E-state index in [0.29, 0.717) is 29.7 Å². The molecule has 1 N–H and O–H groups in total. The number of hydrogen-bond acceptors (Lipinski definition) is 3. The molecule has 1 aliphatic rings. The summed E-state index contributed by atoms with van der Waals surface area (Å²) < 4.78 is 12.1. The number of carbonyl (C=O) groups is 1. The van der Waals surface area contributed by atoms with Crippen molar-refractivity contribution < 1.29 is 14.3 Å². The van der Waals surface area contributed by atoms with E-state index in [4.69, 9.17) is 21.1 Å². The van der Waals surface area contributed by atoms with E-state index < -0.39 is 0 Å². The molecule has 0 saturated heterocycles. The fourth-order valence-electron chi connectivity index (χ4n) is 2.33. The summed E-state index contributed by atoms with van der Waals surface area (Å²) in [6.45, 7) is 3.00. The Labute approximate surface area is 153 Å². The quantitative estimate of drug-likeness (QED) is 0.723. The van der Waals surface area contributed by atoms with Crippen molar-refractivity contribution >= 4 is 45.8 Å². The van der Waals surface area contributed by atoms with Gasteiger partial charge >= 0.3 is 0 Å². The lowest BCUT2D eigenvalue weighted by atomic mass is 10.1. The van der Waals surface area contributed by atoms with Crippen LogP contribution in [0.4, 0.5) is 5.69 Å². The summed E-state index contributed by atoms with van der Waals surface area (Å²) in [6, 6.07) is 9.38. The van der Waals surface area contributed by atoms with Crippen molar-refractivity contribution in [3.8, 4) is 11.5 Å². The van der Waals surface area contributed by atoms with Crippen LogP contribution < -0.4 is 14.8 Å². The van der Waals surface area contributed by atoms with Gasteiger partial charge in [0, 0.05) is 9.26 Å². The predicted octanol–water partition coefficient (Wildman–Crippen LogP) is 4.21. The van der Waals surface area contributed by atoms with Crippen molar-refractivity contribution in [1.29, 1.82) is 0 Å². The van der Waals surface area contributed by atoms with Gasteiger partial charge in [-0.15, -0.1) is 0 Å². The first kappa shape index (κ1) is 16.4. The molecule has 6 heteroatoms. The van der Waals surface area contributed by atoms with Crippen LogP contribution in [0.3, 0.4) is 0 Å². The van der Waals surface area contributed by atoms with Gasteiger partial charge in [-0.05, 0) is 64.9 Å². The van der Waals surface area contributed by atoms with Gasteiger partial charge in [-0.2, -0.15) is 0 Å². The second-order valence-electron chi connectivity index (χ2n) is 5.29. The van der Waals surface area contributed by atoms with Crippen LogP contribution >= 0.6 is 34.2 Å². The van der Waals surface area contributed by atoms with Crippen LogP contribution in [0.15, 0.2) is 30.3 Å². The summed E-state index contributed by atoms with van der Waals surface area (Å²) in [4.78, 5) is 12.2. The standard InChI is InChI=1S/C17H15ClINO3/c1-10-2-3-12(9-14(10)19)20-16(21)8-11-6-13(18)17-15(7-11)22-4-5-23-17/h2-3,6-7,9H,4-5,8H2,1H3,(H,20,21). The largest absolute Gasteiger partial charge is 0.486 e. The molecule has 1 aliphatic heterocycles. The molecular weight excluding hydrogens is 429 g/mol. The van der Waals surface area contributed by atoms with Crippen molar-refractivity contribution in [3.63, 3.8) is 0 Å². The molecule has 23 heavy (non-hydrogen) atoms. The second-order valence-corrected chi connectivity index (χ2v) is 6.86. The van der Waals surface area contributed by atoms with E-state index in [1.807, 2.05) is 25.1 Å². The molecule has 0 unspecified atom stereocenters. The third-order valence-corrected chi connectivity index (χ3v) is 4.92. The Morgan fingerprint density at radius 1 is 1.26 bits per heavy atom. The number of rotatable bonds is 3. The number of ether oxygens (including phenoxy) is 2. The number of aryl methyl sites for hydroxylation is 1. The molecule has 0 radical (unpaired) electrons. The van der Waals surface area contributed by atoms with Gasteiger partial charge in [-0.25, -0.2) is 0 Å². The molecular formula is C17H15ClINO3. The van der Waals surface area contributed by atoms with Crippen molar-refractivity contribution in [2.45, 2.75) is 13.3 Å². The van der Waals surface area contributed by atoms with Gasteiger partial charge in [-0.3, -0.25) is 4.79 Å². The second kappa shape index (κ2) is 6.97.